The number of rotatable bonds is 4. The smallest absolute Gasteiger partial charge is 0.262 e. The first-order chi connectivity index (χ1) is 9.01. The third kappa shape index (κ3) is 3.23. The summed E-state index contributed by atoms with van der Waals surface area (Å²) in [5.41, 5.74) is 7.09. The van der Waals surface area contributed by atoms with Crippen LogP contribution in [-0.2, 0) is 16.4 Å². The lowest BCUT2D eigenvalue weighted by Crippen LogP contribution is -2.13. The first-order valence-electron chi connectivity index (χ1n) is 5.84. The van der Waals surface area contributed by atoms with E-state index in [4.69, 9.17) is 5.73 Å². The molecule has 1 aromatic heterocycles. The fraction of sp³-hybridized carbons (Fsp3) is 0.154. The number of nitrogens with two attached hydrogens (primary N) is 1. The van der Waals surface area contributed by atoms with Crippen LogP contribution in [0.1, 0.15) is 12.5 Å². The number of pyridine rings is 1. The normalized spacial score (nSPS) is 11.2. The van der Waals surface area contributed by atoms with E-state index < -0.39 is 10.0 Å². The maximum Gasteiger partial charge on any atom is 0.262 e. The van der Waals surface area contributed by atoms with Gasteiger partial charge in [0, 0.05) is 18.0 Å². The van der Waals surface area contributed by atoms with Crippen LogP contribution in [-0.4, -0.2) is 13.4 Å². The molecule has 0 unspecified atom stereocenters. The summed E-state index contributed by atoms with van der Waals surface area (Å²) < 4.78 is 26.8. The Morgan fingerprint density at radius 3 is 2.74 bits per heavy atom. The molecule has 0 bridgehead atoms. The Balaban J connectivity index is 2.31. The summed E-state index contributed by atoms with van der Waals surface area (Å²) in [5.74, 6) is 0.171. The van der Waals surface area contributed by atoms with E-state index in [-0.39, 0.29) is 10.7 Å². The summed E-state index contributed by atoms with van der Waals surface area (Å²) in [6, 6.07) is 10.0. The summed E-state index contributed by atoms with van der Waals surface area (Å²) in [6.45, 7) is 2.01. The van der Waals surface area contributed by atoms with Gasteiger partial charge in [0.25, 0.3) is 10.0 Å². The van der Waals surface area contributed by atoms with Crippen LogP contribution in [0.3, 0.4) is 0 Å². The quantitative estimate of drug-likeness (QED) is 0.895. The van der Waals surface area contributed by atoms with Crippen LogP contribution in [0.4, 0.5) is 11.5 Å². The Bertz CT molecular complexity index is 684. The van der Waals surface area contributed by atoms with Crippen molar-refractivity contribution in [2.24, 2.45) is 0 Å². The molecule has 0 fully saturated rings. The molecular formula is C13H15N3O2S. The fourth-order valence-corrected chi connectivity index (χ4v) is 2.73. The SMILES string of the molecule is CCc1cccc(NS(=O)(=O)c2ccnc(N)c2)c1. The number of hydrogen-bond donors (Lipinski definition) is 2. The largest absolute Gasteiger partial charge is 0.384 e. The molecule has 0 saturated heterocycles. The molecule has 0 aliphatic heterocycles. The van der Waals surface area contributed by atoms with E-state index in [9.17, 15) is 8.42 Å². The molecule has 2 aromatic rings. The fourth-order valence-electron chi connectivity index (χ4n) is 1.66. The summed E-state index contributed by atoms with van der Waals surface area (Å²) in [5, 5.41) is 0. The number of anilines is 2. The minimum absolute atomic E-state index is 0.0990. The Hall–Kier alpha value is -2.08. The van der Waals surface area contributed by atoms with Crippen LogP contribution in [0.5, 0.6) is 0 Å². The number of nitrogen functional groups attached to an aromatic ring is 1. The summed E-state index contributed by atoms with van der Waals surface area (Å²) in [7, 11) is -3.63. The average Bonchev–Trinajstić information content (AvgIpc) is 2.38. The molecule has 0 atom stereocenters. The lowest BCUT2D eigenvalue weighted by molar-refractivity contribution is 0.601. The Kier molecular flexibility index (Phi) is 3.71. The Morgan fingerprint density at radius 2 is 2.05 bits per heavy atom. The lowest BCUT2D eigenvalue weighted by atomic mass is 10.1. The number of nitrogens with zero attached hydrogens (tertiary/aromatic N) is 1. The van der Waals surface area contributed by atoms with Gasteiger partial charge in [-0.25, -0.2) is 13.4 Å². The second-order valence-corrected chi connectivity index (χ2v) is 5.76. The van der Waals surface area contributed by atoms with Crippen molar-refractivity contribution in [1.29, 1.82) is 0 Å². The molecule has 6 heteroatoms. The van der Waals surface area contributed by atoms with Crippen LogP contribution in [0.25, 0.3) is 0 Å². The molecular weight excluding hydrogens is 262 g/mol. The third-order valence-electron chi connectivity index (χ3n) is 2.65. The maximum atomic E-state index is 12.2. The molecule has 19 heavy (non-hydrogen) atoms. The van der Waals surface area contributed by atoms with E-state index in [0.717, 1.165) is 12.0 Å². The molecule has 1 heterocycles. The lowest BCUT2D eigenvalue weighted by Gasteiger charge is -2.09. The summed E-state index contributed by atoms with van der Waals surface area (Å²) in [4.78, 5) is 3.87. The third-order valence-corrected chi connectivity index (χ3v) is 4.03. The number of nitrogens with one attached hydrogen (secondary N) is 1. The molecule has 5 nitrogen and oxygen atoms in total. The monoisotopic (exact) mass is 277 g/mol. The highest BCUT2D eigenvalue weighted by molar-refractivity contribution is 7.92. The van der Waals surface area contributed by atoms with Crippen molar-refractivity contribution in [1.82, 2.24) is 4.98 Å². The zero-order valence-corrected chi connectivity index (χ0v) is 11.3. The summed E-state index contributed by atoms with van der Waals surface area (Å²) >= 11 is 0. The van der Waals surface area contributed by atoms with Gasteiger partial charge in [-0.3, -0.25) is 4.72 Å². The van der Waals surface area contributed by atoms with Crippen LogP contribution < -0.4 is 10.5 Å². The van der Waals surface area contributed by atoms with Crippen LogP contribution in [0.2, 0.25) is 0 Å². The second kappa shape index (κ2) is 5.27. The predicted molar refractivity (Wildman–Crippen MR) is 75.3 cm³/mol. The molecule has 2 rings (SSSR count). The first kappa shape index (κ1) is 13.4. The van der Waals surface area contributed by atoms with Gasteiger partial charge in [-0.1, -0.05) is 19.1 Å². The molecule has 0 radical (unpaired) electrons. The van der Waals surface area contributed by atoms with Gasteiger partial charge < -0.3 is 5.73 Å². The molecule has 0 saturated carbocycles. The van der Waals surface area contributed by atoms with Crippen LogP contribution in [0, 0.1) is 0 Å². The van der Waals surface area contributed by atoms with Crippen molar-refractivity contribution >= 4 is 21.5 Å². The van der Waals surface area contributed by atoms with Gasteiger partial charge in [0.05, 0.1) is 4.90 Å². The minimum atomic E-state index is -3.63. The Morgan fingerprint density at radius 1 is 1.26 bits per heavy atom. The van der Waals surface area contributed by atoms with Gasteiger partial charge in [0.2, 0.25) is 0 Å². The van der Waals surface area contributed by atoms with Gasteiger partial charge in [-0.15, -0.1) is 0 Å². The standard InChI is InChI=1S/C13H15N3O2S/c1-2-10-4-3-5-11(8-10)16-19(17,18)12-6-7-15-13(14)9-12/h3-9,16H,2H2,1H3,(H2,14,15). The van der Waals surface area contributed by atoms with Crippen molar-refractivity contribution < 1.29 is 8.42 Å². The molecule has 100 valence electrons. The zero-order chi connectivity index (χ0) is 13.9. The van der Waals surface area contributed by atoms with E-state index in [1.54, 1.807) is 6.07 Å². The number of sulfonamides is 1. The highest BCUT2D eigenvalue weighted by Gasteiger charge is 2.14. The topological polar surface area (TPSA) is 85.1 Å². The van der Waals surface area contributed by atoms with Crippen molar-refractivity contribution in [2.45, 2.75) is 18.2 Å². The minimum Gasteiger partial charge on any atom is -0.384 e. The van der Waals surface area contributed by atoms with Gasteiger partial charge >= 0.3 is 0 Å². The number of benzene rings is 1. The van der Waals surface area contributed by atoms with E-state index >= 15 is 0 Å². The molecule has 0 aliphatic rings. The van der Waals surface area contributed by atoms with Gasteiger partial charge in [0.15, 0.2) is 0 Å². The first-order valence-corrected chi connectivity index (χ1v) is 7.33. The van der Waals surface area contributed by atoms with Crippen molar-refractivity contribution in [3.05, 3.63) is 48.2 Å². The summed E-state index contributed by atoms with van der Waals surface area (Å²) in [6.07, 6.45) is 2.21. The van der Waals surface area contributed by atoms with E-state index in [0.29, 0.717) is 5.69 Å². The zero-order valence-electron chi connectivity index (χ0n) is 10.5. The van der Waals surface area contributed by atoms with Crippen molar-refractivity contribution in [3.8, 4) is 0 Å². The molecule has 0 amide bonds. The Labute approximate surface area is 112 Å². The average molecular weight is 277 g/mol. The van der Waals surface area contributed by atoms with Gasteiger partial charge in [0.1, 0.15) is 5.82 Å². The predicted octanol–water partition coefficient (Wildman–Crippen LogP) is 2.03. The van der Waals surface area contributed by atoms with Gasteiger partial charge in [-0.2, -0.15) is 0 Å². The van der Waals surface area contributed by atoms with Gasteiger partial charge in [-0.05, 0) is 30.2 Å². The number of aromatic nitrogens is 1. The van der Waals surface area contributed by atoms with E-state index in [2.05, 4.69) is 9.71 Å². The van der Waals surface area contributed by atoms with E-state index in [1.807, 2.05) is 25.1 Å². The van der Waals surface area contributed by atoms with Crippen molar-refractivity contribution in [2.75, 3.05) is 10.5 Å². The highest BCUT2D eigenvalue weighted by atomic mass is 32.2. The van der Waals surface area contributed by atoms with Crippen LogP contribution >= 0.6 is 0 Å². The molecule has 0 spiro atoms. The number of aryl methyl sites for hydroxylation is 1. The second-order valence-electron chi connectivity index (χ2n) is 4.08. The molecule has 3 N–H and O–H groups in total. The highest BCUT2D eigenvalue weighted by Crippen LogP contribution is 2.18. The molecule has 0 aliphatic carbocycles. The maximum absolute atomic E-state index is 12.2. The van der Waals surface area contributed by atoms with Crippen molar-refractivity contribution in [3.63, 3.8) is 0 Å². The van der Waals surface area contributed by atoms with E-state index in [1.165, 1.54) is 18.3 Å². The van der Waals surface area contributed by atoms with Crippen LogP contribution in [0.15, 0.2) is 47.5 Å². The number of hydrogen-bond acceptors (Lipinski definition) is 4. The molecule has 1 aromatic carbocycles.